The van der Waals surface area contributed by atoms with Gasteiger partial charge in [-0.3, -0.25) is 4.79 Å². The highest BCUT2D eigenvalue weighted by Gasteiger charge is 2.40. The molecule has 2 atom stereocenters. The molecule has 17 heavy (non-hydrogen) atoms. The molecule has 2 aromatic rings. The van der Waals surface area contributed by atoms with Gasteiger partial charge < -0.3 is 10.7 Å². The second-order valence-electron chi connectivity index (χ2n) is 4.42. The minimum absolute atomic E-state index is 0.200. The monoisotopic (exact) mass is 227 g/mol. The lowest BCUT2D eigenvalue weighted by atomic mass is 10.1. The van der Waals surface area contributed by atoms with E-state index in [-0.39, 0.29) is 11.5 Å². The summed E-state index contributed by atoms with van der Waals surface area (Å²) in [6, 6.07) is 11.9. The summed E-state index contributed by atoms with van der Waals surface area (Å²) in [7, 11) is 0. The van der Waals surface area contributed by atoms with Gasteiger partial charge >= 0.3 is 0 Å². The smallest absolute Gasteiger partial charge is 0.274 e. The van der Waals surface area contributed by atoms with Gasteiger partial charge in [-0.15, -0.1) is 0 Å². The number of hydrogen-bond donors (Lipinski definition) is 2. The Bertz CT molecular complexity index is 591. The summed E-state index contributed by atoms with van der Waals surface area (Å²) < 4.78 is 0. The molecule has 1 aliphatic rings. The normalized spacial score (nSPS) is 22.4. The molecular weight excluding hydrogens is 214 g/mol. The van der Waals surface area contributed by atoms with Gasteiger partial charge in [0.05, 0.1) is 0 Å². The Kier molecular flexibility index (Phi) is 2.21. The molecule has 3 rings (SSSR count). The minimum Gasteiger partial charge on any atom is -0.369 e. The summed E-state index contributed by atoms with van der Waals surface area (Å²) in [5.41, 5.74) is 7.49. The molecule has 1 fully saturated rings. The third kappa shape index (κ3) is 1.93. The topological polar surface area (TPSA) is 71.8 Å². The molecule has 0 radical (unpaired) electrons. The Hall–Kier alpha value is -2.10. The van der Waals surface area contributed by atoms with E-state index in [9.17, 15) is 4.79 Å². The number of H-pyrrole nitrogens is 1. The number of anilines is 1. The van der Waals surface area contributed by atoms with E-state index >= 15 is 0 Å². The average molecular weight is 227 g/mol. The summed E-state index contributed by atoms with van der Waals surface area (Å²) in [4.78, 5) is 17.9. The van der Waals surface area contributed by atoms with Crippen LogP contribution in [-0.2, 0) is 0 Å². The van der Waals surface area contributed by atoms with Crippen LogP contribution in [0.5, 0.6) is 0 Å². The van der Waals surface area contributed by atoms with E-state index in [1.807, 2.05) is 18.2 Å². The van der Waals surface area contributed by atoms with Crippen molar-refractivity contribution < 1.29 is 0 Å². The maximum atomic E-state index is 11.3. The van der Waals surface area contributed by atoms with E-state index in [0.29, 0.717) is 11.8 Å². The molecule has 0 bridgehead atoms. The van der Waals surface area contributed by atoms with E-state index < -0.39 is 0 Å². The first kappa shape index (κ1) is 10.1. The van der Waals surface area contributed by atoms with E-state index in [1.165, 1.54) is 5.56 Å². The predicted octanol–water partition coefficient (Wildman–Crippen LogP) is 1.62. The minimum atomic E-state index is -0.269. The quantitative estimate of drug-likeness (QED) is 0.819. The predicted molar refractivity (Wildman–Crippen MR) is 65.8 cm³/mol. The van der Waals surface area contributed by atoms with Gasteiger partial charge in [-0.25, -0.2) is 0 Å². The van der Waals surface area contributed by atoms with Gasteiger partial charge in [-0.1, -0.05) is 30.3 Å². The van der Waals surface area contributed by atoms with Crippen molar-refractivity contribution in [1.29, 1.82) is 0 Å². The van der Waals surface area contributed by atoms with Gasteiger partial charge in [0.25, 0.3) is 5.56 Å². The van der Waals surface area contributed by atoms with Gasteiger partial charge in [-0.05, 0) is 17.9 Å². The number of aromatic nitrogens is 2. The van der Waals surface area contributed by atoms with Crippen LogP contribution in [0.2, 0.25) is 0 Å². The summed E-state index contributed by atoms with van der Waals surface area (Å²) in [6.07, 6.45) is 1.06. The number of nitrogens with one attached hydrogen (secondary N) is 1. The van der Waals surface area contributed by atoms with Gasteiger partial charge in [0, 0.05) is 17.7 Å². The van der Waals surface area contributed by atoms with Crippen LogP contribution in [0, 0.1) is 0 Å². The molecule has 3 N–H and O–H groups in total. The molecule has 0 spiro atoms. The summed E-state index contributed by atoms with van der Waals surface area (Å²) in [5.74, 6) is 1.07. The Morgan fingerprint density at radius 2 is 2.00 bits per heavy atom. The van der Waals surface area contributed by atoms with Crippen molar-refractivity contribution in [1.82, 2.24) is 9.97 Å². The SMILES string of the molecule is Nc1nc(=O)cc([C@H]2C[C@@H]2c2ccccc2)[nH]1. The fraction of sp³-hybridized carbons (Fsp3) is 0.231. The van der Waals surface area contributed by atoms with Crippen molar-refractivity contribution in [2.45, 2.75) is 18.3 Å². The Balaban J connectivity index is 1.87. The molecular formula is C13H13N3O. The summed E-state index contributed by atoms with van der Waals surface area (Å²) >= 11 is 0. The number of rotatable bonds is 2. The van der Waals surface area contributed by atoms with Crippen LogP contribution in [0.15, 0.2) is 41.2 Å². The first-order valence-corrected chi connectivity index (χ1v) is 5.66. The molecule has 0 unspecified atom stereocenters. The molecule has 1 aromatic carbocycles. The van der Waals surface area contributed by atoms with Crippen molar-refractivity contribution in [3.63, 3.8) is 0 Å². The molecule has 4 heteroatoms. The molecule has 1 saturated carbocycles. The fourth-order valence-electron chi connectivity index (χ4n) is 2.30. The van der Waals surface area contributed by atoms with Gasteiger partial charge in [0.15, 0.2) is 0 Å². The van der Waals surface area contributed by atoms with Crippen LogP contribution in [-0.4, -0.2) is 9.97 Å². The van der Waals surface area contributed by atoms with E-state index in [1.54, 1.807) is 6.07 Å². The third-order valence-corrected chi connectivity index (χ3v) is 3.20. The zero-order chi connectivity index (χ0) is 11.8. The standard InChI is InChI=1S/C13H13N3O/c14-13-15-11(7-12(17)16-13)10-6-9(10)8-4-2-1-3-5-8/h1-5,7,9-10H,6H2,(H3,14,15,16,17)/t9-,10+/m1/s1. The number of nitrogen functional groups attached to an aromatic ring is 1. The number of nitrogens with two attached hydrogens (primary N) is 1. The van der Waals surface area contributed by atoms with Gasteiger partial charge in [0.1, 0.15) is 0 Å². The highest BCUT2D eigenvalue weighted by Crippen LogP contribution is 2.53. The largest absolute Gasteiger partial charge is 0.369 e. The average Bonchev–Trinajstić information content (AvgIpc) is 3.09. The van der Waals surface area contributed by atoms with Crippen molar-refractivity contribution in [3.8, 4) is 0 Å². The molecule has 1 heterocycles. The number of hydrogen-bond acceptors (Lipinski definition) is 3. The highest BCUT2D eigenvalue weighted by atomic mass is 16.1. The van der Waals surface area contributed by atoms with Gasteiger partial charge in [-0.2, -0.15) is 4.98 Å². The van der Waals surface area contributed by atoms with Crippen LogP contribution < -0.4 is 11.3 Å². The molecule has 0 amide bonds. The molecule has 1 aromatic heterocycles. The first-order chi connectivity index (χ1) is 8.24. The number of benzene rings is 1. The molecule has 4 nitrogen and oxygen atoms in total. The molecule has 0 aliphatic heterocycles. The molecule has 1 aliphatic carbocycles. The van der Waals surface area contributed by atoms with Crippen molar-refractivity contribution >= 4 is 5.95 Å². The van der Waals surface area contributed by atoms with E-state index in [4.69, 9.17) is 5.73 Å². The van der Waals surface area contributed by atoms with E-state index in [2.05, 4.69) is 22.1 Å². The fourth-order valence-corrected chi connectivity index (χ4v) is 2.30. The number of aromatic amines is 1. The van der Waals surface area contributed by atoms with Crippen LogP contribution in [0.4, 0.5) is 5.95 Å². The molecule has 0 saturated heterocycles. The zero-order valence-electron chi connectivity index (χ0n) is 9.26. The van der Waals surface area contributed by atoms with Crippen molar-refractivity contribution in [2.24, 2.45) is 0 Å². The lowest BCUT2D eigenvalue weighted by molar-refractivity contribution is 0.942. The molecule has 86 valence electrons. The zero-order valence-corrected chi connectivity index (χ0v) is 9.26. The van der Waals surface area contributed by atoms with Crippen molar-refractivity contribution in [3.05, 3.63) is 58.0 Å². The lowest BCUT2D eigenvalue weighted by Crippen LogP contribution is -2.11. The Morgan fingerprint density at radius 1 is 1.24 bits per heavy atom. The Morgan fingerprint density at radius 3 is 2.71 bits per heavy atom. The lowest BCUT2D eigenvalue weighted by Gasteiger charge is -2.02. The van der Waals surface area contributed by atoms with Crippen LogP contribution in [0.3, 0.4) is 0 Å². The van der Waals surface area contributed by atoms with Crippen LogP contribution >= 0.6 is 0 Å². The van der Waals surface area contributed by atoms with Crippen LogP contribution in [0.25, 0.3) is 0 Å². The van der Waals surface area contributed by atoms with Crippen LogP contribution in [0.1, 0.15) is 29.5 Å². The maximum Gasteiger partial charge on any atom is 0.274 e. The first-order valence-electron chi connectivity index (χ1n) is 5.66. The number of nitrogens with zero attached hydrogens (tertiary/aromatic N) is 1. The second kappa shape index (κ2) is 3.73. The summed E-state index contributed by atoms with van der Waals surface area (Å²) in [6.45, 7) is 0. The Labute approximate surface area is 98.5 Å². The third-order valence-electron chi connectivity index (χ3n) is 3.20. The highest BCUT2D eigenvalue weighted by molar-refractivity contribution is 5.34. The van der Waals surface area contributed by atoms with Gasteiger partial charge in [0.2, 0.25) is 5.95 Å². The van der Waals surface area contributed by atoms with E-state index in [0.717, 1.165) is 12.1 Å². The summed E-state index contributed by atoms with van der Waals surface area (Å²) in [5, 5.41) is 0. The van der Waals surface area contributed by atoms with Crippen molar-refractivity contribution in [2.75, 3.05) is 5.73 Å². The second-order valence-corrected chi connectivity index (χ2v) is 4.42. The maximum absolute atomic E-state index is 11.3.